The van der Waals surface area contributed by atoms with Gasteiger partial charge in [-0.2, -0.15) is 0 Å². The van der Waals surface area contributed by atoms with Crippen molar-refractivity contribution in [2.45, 2.75) is 13.3 Å². The van der Waals surface area contributed by atoms with E-state index in [1.165, 1.54) is 27.4 Å². The first-order valence-corrected chi connectivity index (χ1v) is 9.01. The Morgan fingerprint density at radius 2 is 1.73 bits per heavy atom. The first kappa shape index (κ1) is 22.5. The lowest BCUT2D eigenvalue weighted by Crippen LogP contribution is -2.33. The third-order valence-electron chi connectivity index (χ3n) is 4.31. The molecule has 2 aromatic carbocycles. The molecule has 0 aliphatic heterocycles. The number of anilines is 1. The number of amides is 2. The molecule has 0 aromatic heterocycles. The summed E-state index contributed by atoms with van der Waals surface area (Å²) in [6.45, 7) is 1.57. The number of para-hydroxylation sites is 1. The molecule has 0 bridgehead atoms. The first-order valence-electron chi connectivity index (χ1n) is 9.01. The van der Waals surface area contributed by atoms with Crippen LogP contribution in [0.15, 0.2) is 30.3 Å². The smallest absolute Gasteiger partial charge is 0.327 e. The van der Waals surface area contributed by atoms with E-state index in [-0.39, 0.29) is 29.4 Å². The highest BCUT2D eigenvalue weighted by Crippen LogP contribution is 2.46. The molecule has 2 N–H and O–H groups in total. The molecular weight excluding hydrogens is 394 g/mol. The summed E-state index contributed by atoms with van der Waals surface area (Å²) in [5.41, 5.74) is 0.663. The zero-order chi connectivity index (χ0) is 22.3. The molecule has 0 saturated heterocycles. The van der Waals surface area contributed by atoms with Crippen LogP contribution in [0.5, 0.6) is 17.2 Å². The molecule has 160 valence electrons. The van der Waals surface area contributed by atoms with Crippen LogP contribution in [-0.4, -0.2) is 44.6 Å². The summed E-state index contributed by atoms with van der Waals surface area (Å²) in [5.74, 6) is -1.50. The van der Waals surface area contributed by atoms with Crippen molar-refractivity contribution in [3.63, 3.8) is 0 Å². The monoisotopic (exact) mass is 417 g/mol. The van der Waals surface area contributed by atoms with Crippen LogP contribution in [0.2, 0.25) is 0 Å². The van der Waals surface area contributed by atoms with E-state index < -0.39 is 22.4 Å². The van der Waals surface area contributed by atoms with Gasteiger partial charge in [0.05, 0.1) is 32.8 Å². The number of ether oxygens (including phenoxy) is 3. The van der Waals surface area contributed by atoms with Crippen molar-refractivity contribution in [1.82, 2.24) is 5.32 Å². The molecule has 30 heavy (non-hydrogen) atoms. The van der Waals surface area contributed by atoms with Crippen molar-refractivity contribution in [1.29, 1.82) is 0 Å². The number of carbonyl (C=O) groups is 2. The molecule has 0 fully saturated rings. The summed E-state index contributed by atoms with van der Waals surface area (Å²) >= 11 is 0. The topological polar surface area (TPSA) is 129 Å². The van der Waals surface area contributed by atoms with Gasteiger partial charge in [-0.3, -0.25) is 19.7 Å². The second kappa shape index (κ2) is 10.1. The second-order valence-electron chi connectivity index (χ2n) is 6.04. The van der Waals surface area contributed by atoms with Crippen LogP contribution in [0.25, 0.3) is 0 Å². The van der Waals surface area contributed by atoms with E-state index >= 15 is 0 Å². The zero-order valence-corrected chi connectivity index (χ0v) is 17.1. The van der Waals surface area contributed by atoms with E-state index in [1.54, 1.807) is 12.1 Å². The van der Waals surface area contributed by atoms with Gasteiger partial charge in [-0.25, -0.2) is 0 Å². The van der Waals surface area contributed by atoms with Crippen LogP contribution < -0.4 is 24.8 Å². The van der Waals surface area contributed by atoms with Gasteiger partial charge in [0.2, 0.25) is 17.4 Å². The fraction of sp³-hybridized carbons (Fsp3) is 0.300. The molecule has 2 amide bonds. The Balaban J connectivity index is 2.26. The molecule has 10 heteroatoms. The summed E-state index contributed by atoms with van der Waals surface area (Å²) in [6, 6.07) is 8.45. The number of hydrogen-bond donors (Lipinski definition) is 2. The lowest BCUT2D eigenvalue weighted by atomic mass is 10.1. The van der Waals surface area contributed by atoms with Crippen LogP contribution in [0, 0.1) is 10.1 Å². The Bertz CT molecular complexity index is 960. The van der Waals surface area contributed by atoms with Crippen LogP contribution in [0.4, 0.5) is 11.4 Å². The van der Waals surface area contributed by atoms with Crippen molar-refractivity contribution in [2.24, 2.45) is 0 Å². The van der Waals surface area contributed by atoms with Gasteiger partial charge >= 0.3 is 5.69 Å². The number of nitro benzene ring substituents is 1. The number of benzene rings is 2. The van der Waals surface area contributed by atoms with Crippen molar-refractivity contribution in [3.8, 4) is 17.2 Å². The van der Waals surface area contributed by atoms with Gasteiger partial charge in [0, 0.05) is 11.8 Å². The Hall–Kier alpha value is -3.82. The molecule has 0 saturated carbocycles. The summed E-state index contributed by atoms with van der Waals surface area (Å²) in [4.78, 5) is 35.7. The van der Waals surface area contributed by atoms with Crippen molar-refractivity contribution >= 4 is 23.2 Å². The molecule has 2 aromatic rings. The molecule has 0 spiro atoms. The van der Waals surface area contributed by atoms with E-state index in [4.69, 9.17) is 14.2 Å². The molecule has 0 aliphatic carbocycles. The molecule has 0 radical (unpaired) electrons. The average molecular weight is 417 g/mol. The second-order valence-corrected chi connectivity index (χ2v) is 6.04. The fourth-order valence-electron chi connectivity index (χ4n) is 2.90. The molecule has 0 atom stereocenters. The number of carbonyl (C=O) groups excluding carboxylic acids is 2. The predicted molar refractivity (Wildman–Crippen MR) is 110 cm³/mol. The van der Waals surface area contributed by atoms with Crippen molar-refractivity contribution in [3.05, 3.63) is 51.6 Å². The van der Waals surface area contributed by atoms with Crippen LogP contribution >= 0.6 is 0 Å². The lowest BCUT2D eigenvalue weighted by molar-refractivity contribution is -0.386. The minimum atomic E-state index is -0.833. The number of aryl methyl sites for hydroxylation is 1. The normalized spacial score (nSPS) is 10.1. The third kappa shape index (κ3) is 4.77. The fourth-order valence-corrected chi connectivity index (χ4v) is 2.90. The molecule has 0 aliphatic rings. The molecule has 0 heterocycles. The number of methoxy groups -OCH3 is 3. The zero-order valence-electron chi connectivity index (χ0n) is 17.1. The summed E-state index contributed by atoms with van der Waals surface area (Å²) < 4.78 is 15.4. The maximum atomic E-state index is 12.6. The number of rotatable bonds is 9. The Morgan fingerprint density at radius 1 is 1.07 bits per heavy atom. The molecule has 0 unspecified atom stereocenters. The van der Waals surface area contributed by atoms with Gasteiger partial charge in [0.15, 0.2) is 5.75 Å². The molecule has 2 rings (SSSR count). The van der Waals surface area contributed by atoms with Gasteiger partial charge in [-0.15, -0.1) is 0 Å². The summed E-state index contributed by atoms with van der Waals surface area (Å²) in [7, 11) is 3.83. The minimum Gasteiger partial charge on any atom is -0.493 e. The van der Waals surface area contributed by atoms with Crippen molar-refractivity contribution < 1.29 is 28.7 Å². The highest BCUT2D eigenvalue weighted by Gasteiger charge is 2.32. The largest absolute Gasteiger partial charge is 0.493 e. The number of nitrogens with one attached hydrogen (secondary N) is 2. The highest BCUT2D eigenvalue weighted by atomic mass is 16.6. The number of nitro groups is 1. The Kier molecular flexibility index (Phi) is 7.56. The lowest BCUT2D eigenvalue weighted by Gasteiger charge is -2.15. The Labute approximate surface area is 173 Å². The summed E-state index contributed by atoms with van der Waals surface area (Å²) in [5, 5.41) is 16.7. The Morgan fingerprint density at radius 3 is 2.30 bits per heavy atom. The maximum absolute atomic E-state index is 12.6. The van der Waals surface area contributed by atoms with Gasteiger partial charge in [0.25, 0.3) is 5.91 Å². The van der Waals surface area contributed by atoms with E-state index in [0.29, 0.717) is 5.69 Å². The number of nitrogens with zero attached hydrogens (tertiary/aromatic N) is 1. The number of hydrogen-bond acceptors (Lipinski definition) is 7. The average Bonchev–Trinajstić information content (AvgIpc) is 2.75. The third-order valence-corrected chi connectivity index (χ3v) is 4.31. The highest BCUT2D eigenvalue weighted by molar-refractivity contribution is 6.03. The van der Waals surface area contributed by atoms with E-state index in [1.807, 2.05) is 19.1 Å². The van der Waals surface area contributed by atoms with E-state index in [9.17, 15) is 19.7 Å². The van der Waals surface area contributed by atoms with Crippen molar-refractivity contribution in [2.75, 3.05) is 33.2 Å². The van der Waals surface area contributed by atoms with Crippen LogP contribution in [0.1, 0.15) is 22.8 Å². The SMILES string of the molecule is CCc1ccccc1NC(=O)CNC(=O)c1cc(OC)c(OC)c(OC)c1[N+](=O)[O-]. The van der Waals surface area contributed by atoms with Crippen LogP contribution in [-0.2, 0) is 11.2 Å². The molecule has 10 nitrogen and oxygen atoms in total. The van der Waals surface area contributed by atoms with E-state index in [0.717, 1.165) is 12.0 Å². The quantitative estimate of drug-likeness (QED) is 0.474. The van der Waals surface area contributed by atoms with Gasteiger partial charge in [0.1, 0.15) is 5.56 Å². The first-order chi connectivity index (χ1) is 14.4. The molecular formula is C20H23N3O7. The van der Waals surface area contributed by atoms with Gasteiger partial charge in [-0.05, 0) is 18.1 Å². The minimum absolute atomic E-state index is 0.0165. The standard InChI is InChI=1S/C20H23N3O7/c1-5-12-8-6-7-9-14(12)22-16(24)11-21-20(25)13-10-15(28-2)18(29-3)19(30-4)17(13)23(26)27/h6-10H,5,11H2,1-4H3,(H,21,25)(H,22,24). The maximum Gasteiger partial charge on any atom is 0.327 e. The van der Waals surface area contributed by atoms with Crippen LogP contribution in [0.3, 0.4) is 0 Å². The predicted octanol–water partition coefficient (Wildman–Crippen LogP) is 2.55. The van der Waals surface area contributed by atoms with Gasteiger partial charge in [-0.1, -0.05) is 25.1 Å². The van der Waals surface area contributed by atoms with Gasteiger partial charge < -0.3 is 24.8 Å². The van der Waals surface area contributed by atoms with E-state index in [2.05, 4.69) is 10.6 Å². The summed E-state index contributed by atoms with van der Waals surface area (Å²) in [6.07, 6.45) is 0.723.